The van der Waals surface area contributed by atoms with Crippen molar-refractivity contribution in [3.05, 3.63) is 82.7 Å². The number of fused-ring (bicyclic) bond motifs is 2. The third-order valence-corrected chi connectivity index (χ3v) is 9.82. The lowest BCUT2D eigenvalue weighted by atomic mass is 9.89. The number of benzene rings is 3. The summed E-state index contributed by atoms with van der Waals surface area (Å²) in [4.78, 5) is 93.5. The minimum Gasteiger partial charge on any atom is -0.396 e. The molecular weight excluding hydrogens is 919 g/mol. The molecule has 0 fully saturated rings. The summed E-state index contributed by atoms with van der Waals surface area (Å²) < 4.78 is 0. The van der Waals surface area contributed by atoms with Crippen LogP contribution in [0.5, 0.6) is 0 Å². The van der Waals surface area contributed by atoms with Crippen molar-refractivity contribution < 1.29 is 38.7 Å². The van der Waals surface area contributed by atoms with Gasteiger partial charge in [-0.1, -0.05) is 60.7 Å². The lowest BCUT2D eigenvalue weighted by Gasteiger charge is -2.29. The standard InChI is InChI=1S/C39H53N23O8/c40-23(24(41)64)54-31(67)25(59-36(44)45)56-33(69)27(61-38(48)49)58-34(70)28(62-39(50)51)57-32(68)26(60-37(46)47)55-30(66)21(14-6-2-1-3-7-14)52-29(65)20(13-63)19-12-17-10-15-8-4-5-9-16(15)11-18(17)22(19)53-35(42)43/h1-12,19-21,23,25-28,63H,13,40H2,(H2,41,64)(H,52,65)(H,54,67)(H,55,66)(H,56,69)(H,57,68)(H,58,70)(H4,42,43,53)(H4,44,45,59)(H4,46,47,60)(H4,48,49,61)(H4,50,51,62). The van der Waals surface area contributed by atoms with Gasteiger partial charge in [-0.3, -0.25) is 60.6 Å². The molecule has 0 saturated carbocycles. The number of rotatable bonds is 21. The van der Waals surface area contributed by atoms with E-state index in [9.17, 15) is 38.7 Å². The summed E-state index contributed by atoms with van der Waals surface area (Å²) in [6.07, 6.45) is -8.35. The Balaban J connectivity index is 1.60. The fourth-order valence-electron chi connectivity index (χ4n) is 6.75. The predicted molar refractivity (Wildman–Crippen MR) is 251 cm³/mol. The second-order valence-corrected chi connectivity index (χ2v) is 15.0. The summed E-state index contributed by atoms with van der Waals surface area (Å²) in [6.45, 7) is -0.766. The van der Waals surface area contributed by atoms with Gasteiger partial charge in [-0.05, 0) is 33.7 Å². The molecule has 372 valence electrons. The number of amides is 7. The van der Waals surface area contributed by atoms with Crippen LogP contribution in [0.2, 0.25) is 0 Å². The molecule has 0 aliphatic heterocycles. The SMILES string of the molecule is N=C(N)NC1=c2cc3ccccc3cc2=CC1C(CO)C(=O)NC(C(=O)NC(NC(=N)N)C(=O)NC(NC(=N)N)C(=O)NC(NC(=N)N)C(=O)NC(NC(=N)N)C(=O)NC(N)C(N)=O)c1ccccc1. The van der Waals surface area contributed by atoms with Crippen molar-refractivity contribution in [3.63, 3.8) is 0 Å². The third kappa shape index (κ3) is 14.4. The van der Waals surface area contributed by atoms with E-state index in [2.05, 4.69) is 42.5 Å². The number of guanidine groups is 5. The minimum absolute atomic E-state index is 0.162. The largest absolute Gasteiger partial charge is 0.396 e. The highest BCUT2D eigenvalue weighted by Crippen LogP contribution is 2.26. The van der Waals surface area contributed by atoms with Gasteiger partial charge >= 0.3 is 0 Å². The Bertz CT molecular complexity index is 2720. The molecule has 8 unspecified atom stereocenters. The average Bonchev–Trinajstić information content (AvgIpc) is 3.61. The molecule has 0 saturated heterocycles. The quantitative estimate of drug-likeness (QED) is 0.0268. The van der Waals surface area contributed by atoms with E-state index in [4.69, 9.17) is 67.2 Å². The molecular formula is C39H53N23O8. The lowest BCUT2D eigenvalue weighted by molar-refractivity contribution is -0.136. The molecule has 31 N–H and O–H groups in total. The fraction of sp³-hybridized carbons (Fsp3) is 0.231. The van der Waals surface area contributed by atoms with E-state index in [-0.39, 0.29) is 5.56 Å². The zero-order valence-electron chi connectivity index (χ0n) is 36.6. The molecule has 7 amide bonds. The monoisotopic (exact) mass is 971 g/mol. The Morgan fingerprint density at radius 3 is 1.34 bits per heavy atom. The molecule has 0 radical (unpaired) electrons. The molecule has 0 aromatic heterocycles. The maximum Gasteiger partial charge on any atom is 0.265 e. The molecule has 1 aliphatic carbocycles. The highest BCUT2D eigenvalue weighted by atomic mass is 16.3. The van der Waals surface area contributed by atoms with Gasteiger partial charge in [0.1, 0.15) is 6.04 Å². The molecule has 31 nitrogen and oxygen atoms in total. The Hall–Kier alpha value is -9.78. The number of carbonyl (C=O) groups excluding carboxylic acids is 7. The van der Waals surface area contributed by atoms with Gasteiger partial charge in [0.2, 0.25) is 11.8 Å². The number of carbonyl (C=O) groups is 7. The van der Waals surface area contributed by atoms with Gasteiger partial charge in [0.05, 0.1) is 12.5 Å². The second kappa shape index (κ2) is 23.6. The Labute approximate surface area is 395 Å². The first kappa shape index (κ1) is 52.8. The van der Waals surface area contributed by atoms with Crippen molar-refractivity contribution >= 4 is 93.7 Å². The molecule has 3 aromatic carbocycles. The van der Waals surface area contributed by atoms with Gasteiger partial charge in [-0.15, -0.1) is 0 Å². The fourth-order valence-corrected chi connectivity index (χ4v) is 6.75. The summed E-state index contributed by atoms with van der Waals surface area (Å²) >= 11 is 0. The zero-order valence-corrected chi connectivity index (χ0v) is 36.6. The zero-order chi connectivity index (χ0) is 52.0. The van der Waals surface area contributed by atoms with Crippen LogP contribution < -0.4 is 109 Å². The Morgan fingerprint density at radius 2 is 0.929 bits per heavy atom. The van der Waals surface area contributed by atoms with Crippen LogP contribution in [0.4, 0.5) is 0 Å². The first-order chi connectivity index (χ1) is 33.0. The van der Waals surface area contributed by atoms with Crippen LogP contribution in [0, 0.1) is 38.9 Å². The lowest BCUT2D eigenvalue weighted by Crippen LogP contribution is -2.69. The van der Waals surface area contributed by atoms with E-state index in [0.29, 0.717) is 16.1 Å². The van der Waals surface area contributed by atoms with Crippen LogP contribution in [0.3, 0.4) is 0 Å². The number of aliphatic hydroxyl groups is 1. The minimum atomic E-state index is -2.14. The van der Waals surface area contributed by atoms with E-state index < -0.39 is 126 Å². The average molecular weight is 972 g/mol. The maximum absolute atomic E-state index is 14.2. The van der Waals surface area contributed by atoms with Crippen molar-refractivity contribution in [2.75, 3.05) is 6.61 Å². The van der Waals surface area contributed by atoms with Crippen molar-refractivity contribution in [2.45, 2.75) is 36.9 Å². The molecule has 0 heterocycles. The first-order valence-corrected chi connectivity index (χ1v) is 20.3. The highest BCUT2D eigenvalue weighted by molar-refractivity contribution is 6.00. The molecule has 0 spiro atoms. The van der Waals surface area contributed by atoms with Crippen molar-refractivity contribution in [1.82, 2.24) is 58.5 Å². The van der Waals surface area contributed by atoms with Gasteiger partial charge in [-0.25, -0.2) is 0 Å². The number of aliphatic hydroxyl groups excluding tert-OH is 1. The van der Waals surface area contributed by atoms with E-state index in [0.717, 1.165) is 10.8 Å². The Morgan fingerprint density at radius 1 is 0.514 bits per heavy atom. The highest BCUT2D eigenvalue weighted by Gasteiger charge is 2.37. The Kier molecular flexibility index (Phi) is 17.8. The topological polar surface area (TPSA) is 573 Å². The van der Waals surface area contributed by atoms with Crippen LogP contribution in [-0.4, -0.2) is 114 Å². The normalized spacial score (nSPS) is 15.3. The van der Waals surface area contributed by atoms with Gasteiger partial charge in [0, 0.05) is 16.8 Å². The van der Waals surface area contributed by atoms with Crippen LogP contribution in [0.1, 0.15) is 11.6 Å². The number of nitrogens with two attached hydrogens (primary N) is 7. The summed E-state index contributed by atoms with van der Waals surface area (Å²) in [5, 5.41) is 76.6. The molecule has 3 aromatic rings. The van der Waals surface area contributed by atoms with E-state index >= 15 is 0 Å². The van der Waals surface area contributed by atoms with Crippen LogP contribution in [-0.2, 0) is 33.6 Å². The number of hydrogen-bond donors (Lipinski definition) is 24. The van der Waals surface area contributed by atoms with E-state index in [1.165, 1.54) is 24.3 Å². The van der Waals surface area contributed by atoms with Crippen molar-refractivity contribution in [2.24, 2.45) is 52.0 Å². The molecule has 70 heavy (non-hydrogen) atoms. The maximum atomic E-state index is 14.2. The summed E-state index contributed by atoms with van der Waals surface area (Å²) in [5.41, 5.74) is 38.5. The molecule has 4 rings (SSSR count). The van der Waals surface area contributed by atoms with Gasteiger partial charge in [0.15, 0.2) is 60.6 Å². The van der Waals surface area contributed by atoms with Gasteiger partial charge in [-0.2, -0.15) is 0 Å². The number of hydrogen-bond acceptors (Lipinski definition) is 14. The summed E-state index contributed by atoms with van der Waals surface area (Å²) in [7, 11) is 0. The number of primary amides is 1. The van der Waals surface area contributed by atoms with E-state index in [1.54, 1.807) is 12.1 Å². The smallest absolute Gasteiger partial charge is 0.265 e. The molecule has 31 heteroatoms. The number of nitrogens with one attached hydrogen (secondary N) is 16. The summed E-state index contributed by atoms with van der Waals surface area (Å²) in [6, 6.07) is 17.1. The molecule has 0 bridgehead atoms. The van der Waals surface area contributed by atoms with Gasteiger partial charge in [0.25, 0.3) is 29.5 Å². The van der Waals surface area contributed by atoms with Crippen LogP contribution in [0.15, 0.2) is 66.7 Å². The van der Waals surface area contributed by atoms with Gasteiger partial charge < -0.3 is 104 Å². The van der Waals surface area contributed by atoms with Crippen molar-refractivity contribution in [1.29, 1.82) is 27.0 Å². The van der Waals surface area contributed by atoms with Crippen LogP contribution in [0.25, 0.3) is 22.5 Å². The first-order valence-electron chi connectivity index (χ1n) is 20.3. The van der Waals surface area contributed by atoms with E-state index in [1.807, 2.05) is 52.3 Å². The molecule has 1 aliphatic rings. The van der Waals surface area contributed by atoms with Crippen molar-refractivity contribution in [3.8, 4) is 0 Å². The summed E-state index contributed by atoms with van der Waals surface area (Å²) in [5.74, 6) is -14.9. The molecule has 8 atom stereocenters. The van der Waals surface area contributed by atoms with Crippen LogP contribution >= 0.6 is 0 Å². The predicted octanol–water partition coefficient (Wildman–Crippen LogP) is -10.1. The third-order valence-electron chi connectivity index (χ3n) is 9.82. The second-order valence-electron chi connectivity index (χ2n) is 15.0.